The molecular formula is C18H24O2. The smallest absolute Gasteiger partial charge is 0.309 e. The number of allylic oxidation sites excluding steroid dienone is 6. The van der Waals surface area contributed by atoms with Crippen LogP contribution in [0, 0.1) is 16.2 Å². The molecule has 2 nitrogen and oxygen atoms in total. The van der Waals surface area contributed by atoms with E-state index in [1.165, 1.54) is 5.57 Å². The van der Waals surface area contributed by atoms with Crippen LogP contribution in [0.4, 0.5) is 0 Å². The second kappa shape index (κ2) is 4.34. The van der Waals surface area contributed by atoms with Crippen molar-refractivity contribution in [2.24, 2.45) is 16.2 Å². The highest BCUT2D eigenvalue weighted by Gasteiger charge is 2.55. The Bertz CT molecular complexity index is 524. The average molecular weight is 272 g/mol. The van der Waals surface area contributed by atoms with E-state index in [1.54, 1.807) is 0 Å². The van der Waals surface area contributed by atoms with Crippen LogP contribution >= 0.6 is 0 Å². The predicted molar refractivity (Wildman–Crippen MR) is 80.3 cm³/mol. The number of hydrogen-bond acceptors (Lipinski definition) is 1. The van der Waals surface area contributed by atoms with Crippen molar-refractivity contribution in [2.75, 3.05) is 0 Å². The van der Waals surface area contributed by atoms with Crippen LogP contribution < -0.4 is 0 Å². The summed E-state index contributed by atoms with van der Waals surface area (Å²) in [5.74, 6) is -0.576. The highest BCUT2D eigenvalue weighted by Crippen LogP contribution is 2.62. The van der Waals surface area contributed by atoms with Gasteiger partial charge in [0.15, 0.2) is 0 Å². The predicted octanol–water partition coefficient (Wildman–Crippen LogP) is 4.49. The Labute approximate surface area is 121 Å². The van der Waals surface area contributed by atoms with Crippen LogP contribution in [0.15, 0.2) is 36.0 Å². The van der Waals surface area contributed by atoms with Gasteiger partial charge in [0.05, 0.1) is 5.41 Å². The maximum Gasteiger partial charge on any atom is 0.309 e. The topological polar surface area (TPSA) is 37.3 Å². The van der Waals surface area contributed by atoms with Crippen molar-refractivity contribution in [2.45, 2.75) is 52.4 Å². The lowest BCUT2D eigenvalue weighted by molar-refractivity contribution is -0.150. The van der Waals surface area contributed by atoms with Gasteiger partial charge in [-0.3, -0.25) is 4.79 Å². The molecule has 20 heavy (non-hydrogen) atoms. The van der Waals surface area contributed by atoms with Gasteiger partial charge < -0.3 is 5.11 Å². The van der Waals surface area contributed by atoms with E-state index in [0.29, 0.717) is 0 Å². The van der Waals surface area contributed by atoms with E-state index in [0.717, 1.165) is 38.5 Å². The minimum Gasteiger partial charge on any atom is -0.481 e. The van der Waals surface area contributed by atoms with Crippen LogP contribution in [-0.2, 0) is 4.79 Å². The van der Waals surface area contributed by atoms with Crippen molar-refractivity contribution in [1.82, 2.24) is 0 Å². The molecule has 0 radical (unpaired) electrons. The summed E-state index contributed by atoms with van der Waals surface area (Å²) < 4.78 is 0. The van der Waals surface area contributed by atoms with Crippen LogP contribution in [0.1, 0.15) is 52.4 Å². The third-order valence-corrected chi connectivity index (χ3v) is 5.63. The van der Waals surface area contributed by atoms with Crippen molar-refractivity contribution in [3.63, 3.8) is 0 Å². The summed E-state index contributed by atoms with van der Waals surface area (Å²) in [5, 5.41) is 9.62. The minimum absolute atomic E-state index is 0.0893. The lowest BCUT2D eigenvalue weighted by Crippen LogP contribution is -2.34. The molecular weight excluding hydrogens is 248 g/mol. The minimum atomic E-state index is -0.576. The number of hydrogen-bond donors (Lipinski definition) is 1. The molecule has 2 unspecified atom stereocenters. The Morgan fingerprint density at radius 2 is 1.95 bits per heavy atom. The number of fused-ring (bicyclic) bond motifs is 2. The Balaban J connectivity index is 1.93. The molecule has 2 saturated carbocycles. The zero-order valence-corrected chi connectivity index (χ0v) is 12.5. The number of rotatable bonds is 2. The fourth-order valence-corrected chi connectivity index (χ4v) is 4.34. The van der Waals surface area contributed by atoms with Crippen molar-refractivity contribution in [1.29, 1.82) is 0 Å². The third-order valence-electron chi connectivity index (χ3n) is 5.63. The van der Waals surface area contributed by atoms with E-state index in [-0.39, 0.29) is 10.8 Å². The standard InChI is InChI=1S/C18H24O2/c1-16(2)7-3-5-14(6-10-16)17-8-4-9-18(13-17,12-11-17)15(19)20/h3,5-7,10H,4,8-9,11-13H2,1-2H3,(H,19,20). The molecule has 0 saturated heterocycles. The zero-order chi connectivity index (χ0) is 14.4. The van der Waals surface area contributed by atoms with Crippen LogP contribution in [0.5, 0.6) is 0 Å². The van der Waals surface area contributed by atoms with E-state index in [1.807, 2.05) is 0 Å². The summed E-state index contributed by atoms with van der Waals surface area (Å²) in [6.07, 6.45) is 16.9. The van der Waals surface area contributed by atoms with E-state index in [9.17, 15) is 9.90 Å². The lowest BCUT2D eigenvalue weighted by atomic mass is 9.65. The molecule has 2 bridgehead atoms. The van der Waals surface area contributed by atoms with Gasteiger partial charge in [-0.05, 0) is 43.1 Å². The van der Waals surface area contributed by atoms with Gasteiger partial charge >= 0.3 is 5.97 Å². The number of carboxylic acids is 1. The molecule has 0 spiro atoms. The number of aliphatic carboxylic acids is 1. The first kappa shape index (κ1) is 13.7. The van der Waals surface area contributed by atoms with Crippen molar-refractivity contribution in [3.05, 3.63) is 36.0 Å². The maximum atomic E-state index is 11.7. The van der Waals surface area contributed by atoms with Gasteiger partial charge in [0.2, 0.25) is 0 Å². The molecule has 2 fully saturated rings. The Kier molecular flexibility index (Phi) is 2.97. The van der Waals surface area contributed by atoms with Gasteiger partial charge in [0, 0.05) is 5.41 Å². The van der Waals surface area contributed by atoms with E-state index >= 15 is 0 Å². The highest BCUT2D eigenvalue weighted by atomic mass is 16.4. The van der Waals surface area contributed by atoms with E-state index in [2.05, 4.69) is 44.2 Å². The van der Waals surface area contributed by atoms with Crippen LogP contribution in [0.25, 0.3) is 0 Å². The lowest BCUT2D eigenvalue weighted by Gasteiger charge is -2.38. The fraction of sp³-hybridized carbons (Fsp3) is 0.611. The summed E-state index contributed by atoms with van der Waals surface area (Å²) in [4.78, 5) is 11.7. The van der Waals surface area contributed by atoms with Gasteiger partial charge in [0.25, 0.3) is 0 Å². The van der Waals surface area contributed by atoms with Crippen molar-refractivity contribution < 1.29 is 9.90 Å². The van der Waals surface area contributed by atoms with Crippen LogP contribution in [-0.4, -0.2) is 11.1 Å². The van der Waals surface area contributed by atoms with Crippen LogP contribution in [0.2, 0.25) is 0 Å². The van der Waals surface area contributed by atoms with E-state index in [4.69, 9.17) is 0 Å². The quantitative estimate of drug-likeness (QED) is 0.804. The second-order valence-electron chi connectivity index (χ2n) is 7.53. The summed E-state index contributed by atoms with van der Waals surface area (Å²) in [6, 6.07) is 0. The third kappa shape index (κ3) is 2.06. The molecule has 3 aliphatic rings. The molecule has 3 rings (SSSR count). The molecule has 0 aromatic rings. The molecule has 0 aromatic carbocycles. The average Bonchev–Trinajstić information content (AvgIpc) is 2.54. The highest BCUT2D eigenvalue weighted by molar-refractivity contribution is 5.75. The molecule has 0 amide bonds. The van der Waals surface area contributed by atoms with Gasteiger partial charge in [-0.1, -0.05) is 50.6 Å². The van der Waals surface area contributed by atoms with Gasteiger partial charge in [-0.25, -0.2) is 0 Å². The monoisotopic (exact) mass is 272 g/mol. The fourth-order valence-electron chi connectivity index (χ4n) is 4.34. The van der Waals surface area contributed by atoms with Crippen LogP contribution in [0.3, 0.4) is 0 Å². The molecule has 2 atom stereocenters. The molecule has 3 aliphatic carbocycles. The molecule has 0 aliphatic heterocycles. The second-order valence-corrected chi connectivity index (χ2v) is 7.53. The number of carboxylic acid groups (broad SMARTS) is 1. The zero-order valence-electron chi connectivity index (χ0n) is 12.5. The molecule has 0 heterocycles. The summed E-state index contributed by atoms with van der Waals surface area (Å²) in [6.45, 7) is 4.40. The van der Waals surface area contributed by atoms with E-state index < -0.39 is 11.4 Å². The summed E-state index contributed by atoms with van der Waals surface area (Å²) >= 11 is 0. The maximum absolute atomic E-state index is 11.7. The first-order valence-corrected chi connectivity index (χ1v) is 7.70. The Morgan fingerprint density at radius 3 is 2.70 bits per heavy atom. The van der Waals surface area contributed by atoms with Crippen molar-refractivity contribution in [3.8, 4) is 0 Å². The molecule has 108 valence electrons. The first-order chi connectivity index (χ1) is 9.38. The molecule has 1 N–H and O–H groups in total. The van der Waals surface area contributed by atoms with Gasteiger partial charge in [-0.2, -0.15) is 0 Å². The Hall–Kier alpha value is -1.31. The molecule has 0 aromatic heterocycles. The largest absolute Gasteiger partial charge is 0.481 e. The first-order valence-electron chi connectivity index (χ1n) is 7.70. The summed E-state index contributed by atoms with van der Waals surface area (Å²) in [7, 11) is 0. The number of carbonyl (C=O) groups is 1. The SMILES string of the molecule is CC1(C)C=CC=C(C23CCCC(C(=O)O)(CC2)C3)C=C1. The Morgan fingerprint density at radius 1 is 1.15 bits per heavy atom. The van der Waals surface area contributed by atoms with Crippen molar-refractivity contribution >= 4 is 5.97 Å². The normalized spacial score (nSPS) is 38.4. The van der Waals surface area contributed by atoms with Gasteiger partial charge in [0.1, 0.15) is 0 Å². The molecule has 2 heteroatoms. The summed E-state index contributed by atoms with van der Waals surface area (Å²) in [5.41, 5.74) is 1.10. The van der Waals surface area contributed by atoms with Gasteiger partial charge in [-0.15, -0.1) is 0 Å².